The molecule has 0 bridgehead atoms. The van der Waals surface area contributed by atoms with Gasteiger partial charge < -0.3 is 10.1 Å². The van der Waals surface area contributed by atoms with E-state index < -0.39 is 0 Å². The number of nitrogens with one attached hydrogen (secondary N) is 1. The van der Waals surface area contributed by atoms with Gasteiger partial charge in [-0.3, -0.25) is 9.69 Å². The quantitative estimate of drug-likeness (QED) is 0.534. The zero-order valence-corrected chi connectivity index (χ0v) is 19.7. The Bertz CT molecular complexity index is 958. The Balaban J connectivity index is 1.21. The molecule has 6 heteroatoms. The van der Waals surface area contributed by atoms with Crippen LogP contribution in [0.5, 0.6) is 5.75 Å². The third-order valence-corrected chi connectivity index (χ3v) is 6.81. The maximum Gasteiger partial charge on any atom is 0.228 e. The highest BCUT2D eigenvalue weighted by Gasteiger charge is 2.24. The number of benzene rings is 1. The molecule has 1 atom stereocenters. The minimum atomic E-state index is -0.0533. The molecule has 176 valence electrons. The summed E-state index contributed by atoms with van der Waals surface area (Å²) in [4.78, 5) is 15.0. The average Bonchev–Trinajstić information content (AvgIpc) is 3.28. The van der Waals surface area contributed by atoms with E-state index in [1.54, 1.807) is 11.8 Å². The number of hydrogen-bond acceptors (Lipinski definition) is 4. The van der Waals surface area contributed by atoms with E-state index in [1.807, 2.05) is 41.1 Å². The van der Waals surface area contributed by atoms with Gasteiger partial charge in [-0.15, -0.1) is 0 Å². The fourth-order valence-corrected chi connectivity index (χ4v) is 4.78. The van der Waals surface area contributed by atoms with Crippen LogP contribution < -0.4 is 10.1 Å². The maximum atomic E-state index is 12.4. The molecule has 2 aromatic rings. The minimum absolute atomic E-state index is 0.0533. The highest BCUT2D eigenvalue weighted by molar-refractivity contribution is 5.89. The Morgan fingerprint density at radius 3 is 2.67 bits per heavy atom. The second-order valence-corrected chi connectivity index (χ2v) is 9.31. The summed E-state index contributed by atoms with van der Waals surface area (Å²) in [5, 5.41) is 7.53. The predicted molar refractivity (Wildman–Crippen MR) is 132 cm³/mol. The van der Waals surface area contributed by atoms with Crippen LogP contribution in [0.3, 0.4) is 0 Å². The highest BCUT2D eigenvalue weighted by Crippen LogP contribution is 2.30. The Hall–Kier alpha value is -2.86. The molecule has 0 saturated carbocycles. The van der Waals surface area contributed by atoms with Gasteiger partial charge in [0.2, 0.25) is 5.91 Å². The summed E-state index contributed by atoms with van der Waals surface area (Å²) in [6.07, 6.45) is 10.2. The number of allylic oxidation sites excluding steroid dienone is 2. The Morgan fingerprint density at radius 2 is 1.97 bits per heavy atom. The van der Waals surface area contributed by atoms with Crippen molar-refractivity contribution in [3.05, 3.63) is 66.4 Å². The van der Waals surface area contributed by atoms with Crippen LogP contribution in [0.2, 0.25) is 0 Å². The summed E-state index contributed by atoms with van der Waals surface area (Å²) < 4.78 is 7.63. The lowest BCUT2D eigenvalue weighted by Gasteiger charge is -2.34. The molecule has 2 heterocycles. The van der Waals surface area contributed by atoms with E-state index in [2.05, 4.69) is 34.9 Å². The van der Waals surface area contributed by atoms with Crippen LogP contribution in [0.1, 0.15) is 51.5 Å². The Kier molecular flexibility index (Phi) is 8.00. The van der Waals surface area contributed by atoms with E-state index in [0.717, 1.165) is 50.5 Å². The van der Waals surface area contributed by atoms with Crippen molar-refractivity contribution >= 4 is 11.7 Å². The molecule has 0 unspecified atom stereocenters. The number of rotatable bonds is 9. The summed E-state index contributed by atoms with van der Waals surface area (Å²) in [7, 11) is 0. The fourth-order valence-electron chi connectivity index (χ4n) is 4.78. The number of amides is 1. The van der Waals surface area contributed by atoms with E-state index in [1.165, 1.54) is 18.4 Å². The zero-order chi connectivity index (χ0) is 23.0. The van der Waals surface area contributed by atoms with E-state index in [9.17, 15) is 4.79 Å². The largest absolute Gasteiger partial charge is 0.493 e. The first-order valence-electron chi connectivity index (χ1n) is 12.2. The molecule has 1 aliphatic heterocycles. The van der Waals surface area contributed by atoms with Gasteiger partial charge in [0.15, 0.2) is 0 Å². The molecule has 0 spiro atoms. The zero-order valence-electron chi connectivity index (χ0n) is 19.7. The molecule has 1 N–H and O–H groups in total. The number of nitrogens with zero attached hydrogens (tertiary/aromatic N) is 3. The van der Waals surface area contributed by atoms with Gasteiger partial charge in [0.05, 0.1) is 25.3 Å². The van der Waals surface area contributed by atoms with E-state index in [0.29, 0.717) is 25.0 Å². The van der Waals surface area contributed by atoms with Gasteiger partial charge in [0.1, 0.15) is 11.6 Å². The van der Waals surface area contributed by atoms with Gasteiger partial charge in [-0.2, -0.15) is 5.10 Å². The molecule has 1 aliphatic carbocycles. The normalized spacial score (nSPS) is 19.7. The second-order valence-electron chi connectivity index (χ2n) is 9.31. The number of likely N-dealkylation sites (tertiary alicyclic amines) is 1. The number of aromatic nitrogens is 2. The van der Waals surface area contributed by atoms with Crippen LogP contribution in [0, 0.1) is 5.92 Å². The van der Waals surface area contributed by atoms with Gasteiger partial charge in [-0.25, -0.2) is 4.68 Å². The topological polar surface area (TPSA) is 59.4 Å². The molecule has 1 fully saturated rings. The molecule has 1 aromatic carbocycles. The van der Waals surface area contributed by atoms with Crippen LogP contribution >= 0.6 is 0 Å². The number of hydrogen-bond donors (Lipinski definition) is 1. The number of ether oxygens (including phenoxy) is 1. The number of anilines is 1. The van der Waals surface area contributed by atoms with Crippen molar-refractivity contribution in [1.82, 2.24) is 14.7 Å². The molecular formula is C27H36N4O2. The average molecular weight is 449 g/mol. The summed E-state index contributed by atoms with van der Waals surface area (Å²) >= 11 is 0. The van der Waals surface area contributed by atoms with Crippen molar-refractivity contribution in [2.75, 3.05) is 31.6 Å². The maximum absolute atomic E-state index is 12.4. The van der Waals surface area contributed by atoms with Crippen molar-refractivity contribution in [1.29, 1.82) is 0 Å². The van der Waals surface area contributed by atoms with Gasteiger partial charge in [0, 0.05) is 25.7 Å². The molecule has 4 rings (SSSR count). The van der Waals surface area contributed by atoms with Gasteiger partial charge in [0.25, 0.3) is 0 Å². The second kappa shape index (κ2) is 11.3. The van der Waals surface area contributed by atoms with Crippen molar-refractivity contribution < 1.29 is 9.53 Å². The first-order chi connectivity index (χ1) is 16.1. The van der Waals surface area contributed by atoms with Crippen LogP contribution in [0.4, 0.5) is 5.82 Å². The standard InChI is InChI=1S/C27H36N4O2/c1-21(2)23-10-8-22(9-11-23)20-30-17-13-24(14-18-30)31-26(12-16-28-31)29-27(32)15-19-33-25-6-4-3-5-7-25/h3-8,12,16,23-24H,1,9-11,13-15,17-20H2,2H3,(H,29,32)/t23-/m1/s1. The molecule has 2 aliphatic rings. The van der Waals surface area contributed by atoms with Crippen molar-refractivity contribution in [2.24, 2.45) is 5.92 Å². The fraction of sp³-hybridized carbons (Fsp3) is 0.481. The first kappa shape index (κ1) is 23.3. The SMILES string of the molecule is C=C(C)[C@@H]1CC=C(CN2CCC(n3nccc3NC(=O)CCOc3ccccc3)CC2)CC1. The Morgan fingerprint density at radius 1 is 1.18 bits per heavy atom. The number of carbonyl (C=O) groups excluding carboxylic acids is 1. The van der Waals surface area contributed by atoms with Crippen LogP contribution in [-0.2, 0) is 4.79 Å². The third kappa shape index (κ3) is 6.57. The van der Waals surface area contributed by atoms with Crippen molar-refractivity contribution in [2.45, 2.75) is 51.5 Å². The summed E-state index contributed by atoms with van der Waals surface area (Å²) in [5.74, 6) is 2.17. The third-order valence-electron chi connectivity index (χ3n) is 6.81. The van der Waals surface area contributed by atoms with Crippen molar-refractivity contribution in [3.8, 4) is 5.75 Å². The van der Waals surface area contributed by atoms with E-state index >= 15 is 0 Å². The number of carbonyl (C=O) groups is 1. The summed E-state index contributed by atoms with van der Waals surface area (Å²) in [5.41, 5.74) is 2.90. The van der Waals surface area contributed by atoms with Crippen LogP contribution in [-0.4, -0.2) is 46.8 Å². The Labute approximate surface area is 197 Å². The van der Waals surface area contributed by atoms with Crippen LogP contribution in [0.15, 0.2) is 66.4 Å². The van der Waals surface area contributed by atoms with Gasteiger partial charge in [-0.05, 0) is 57.1 Å². The summed E-state index contributed by atoms with van der Waals surface area (Å²) in [6, 6.07) is 11.8. The highest BCUT2D eigenvalue weighted by atomic mass is 16.5. The van der Waals surface area contributed by atoms with Gasteiger partial charge in [-0.1, -0.05) is 42.0 Å². The molecule has 33 heavy (non-hydrogen) atoms. The lowest BCUT2D eigenvalue weighted by molar-refractivity contribution is -0.116. The monoisotopic (exact) mass is 448 g/mol. The lowest BCUT2D eigenvalue weighted by atomic mass is 9.85. The van der Waals surface area contributed by atoms with Crippen molar-refractivity contribution in [3.63, 3.8) is 0 Å². The van der Waals surface area contributed by atoms with E-state index in [-0.39, 0.29) is 5.91 Å². The lowest BCUT2D eigenvalue weighted by Crippen LogP contribution is -2.36. The minimum Gasteiger partial charge on any atom is -0.493 e. The number of para-hydroxylation sites is 1. The van der Waals surface area contributed by atoms with Crippen LogP contribution in [0.25, 0.3) is 0 Å². The first-order valence-corrected chi connectivity index (χ1v) is 12.2. The number of piperidine rings is 1. The predicted octanol–water partition coefficient (Wildman–Crippen LogP) is 5.23. The molecule has 6 nitrogen and oxygen atoms in total. The molecule has 1 saturated heterocycles. The molecule has 1 amide bonds. The molecule has 0 radical (unpaired) electrons. The van der Waals surface area contributed by atoms with Gasteiger partial charge >= 0.3 is 0 Å². The van der Waals surface area contributed by atoms with E-state index in [4.69, 9.17) is 4.74 Å². The summed E-state index contributed by atoms with van der Waals surface area (Å²) in [6.45, 7) is 9.83. The molecule has 1 aromatic heterocycles. The molecular weight excluding hydrogens is 412 g/mol. The smallest absolute Gasteiger partial charge is 0.228 e.